The number of hydrogen-bond acceptors (Lipinski definition) is 6. The molecule has 0 spiro atoms. The van der Waals surface area contributed by atoms with Crippen LogP contribution in [0.15, 0.2) is 59.5 Å². The van der Waals surface area contributed by atoms with E-state index in [9.17, 15) is 28.5 Å². The summed E-state index contributed by atoms with van der Waals surface area (Å²) in [4.78, 5) is 34.2. The Balaban J connectivity index is 1.87. The second-order valence-corrected chi connectivity index (χ2v) is 6.00. The number of rotatable bonds is 6. The summed E-state index contributed by atoms with van der Waals surface area (Å²) in [5.74, 6) is -3.42. The molecule has 0 fully saturated rings. The topological polar surface area (TPSA) is 129 Å². The van der Waals surface area contributed by atoms with Gasteiger partial charge >= 0.3 is 11.2 Å². The molecule has 3 N–H and O–H groups in total. The summed E-state index contributed by atoms with van der Waals surface area (Å²) in [6.45, 7) is -0.661. The Morgan fingerprint density at radius 3 is 2.53 bits per heavy atom. The summed E-state index contributed by atoms with van der Waals surface area (Å²) in [6, 6.07) is 10.7. The number of aromatic nitrogens is 1. The van der Waals surface area contributed by atoms with Crippen LogP contribution in [0, 0.1) is 21.7 Å². The van der Waals surface area contributed by atoms with Gasteiger partial charge < -0.3 is 20.4 Å². The molecule has 0 radical (unpaired) electrons. The standard InChI is InChI=1S/C19H14F2N4O5/c20-12-9-13(21)18(30-11-5-2-1-3-6-11)16(22)17(12)23-15(26)10-24-8-4-7-14(19(24)27)25(28)29/h1-9H,10,22H2,(H,23,26). The van der Waals surface area contributed by atoms with Gasteiger partial charge in [0, 0.05) is 18.3 Å². The van der Waals surface area contributed by atoms with Gasteiger partial charge in [0.15, 0.2) is 17.4 Å². The smallest absolute Gasteiger partial charge is 0.334 e. The first kappa shape index (κ1) is 20.5. The molecule has 0 aliphatic carbocycles. The van der Waals surface area contributed by atoms with Gasteiger partial charge in [0.1, 0.15) is 23.7 Å². The number of nitro groups is 1. The van der Waals surface area contributed by atoms with Crippen LogP contribution in [0.3, 0.4) is 0 Å². The molecule has 3 rings (SSSR count). The average Bonchev–Trinajstić information content (AvgIpc) is 2.70. The maximum Gasteiger partial charge on any atom is 0.334 e. The molecule has 0 unspecified atom stereocenters. The number of nitrogens with zero attached hydrogens (tertiary/aromatic N) is 2. The van der Waals surface area contributed by atoms with Gasteiger partial charge in [-0.1, -0.05) is 18.2 Å². The van der Waals surface area contributed by atoms with Gasteiger partial charge in [-0.3, -0.25) is 19.7 Å². The van der Waals surface area contributed by atoms with E-state index in [1.807, 2.05) is 0 Å². The Bertz CT molecular complexity index is 1180. The van der Waals surface area contributed by atoms with Crippen LogP contribution >= 0.6 is 0 Å². The number of ether oxygens (including phenoxy) is 1. The third-order valence-electron chi connectivity index (χ3n) is 3.96. The molecule has 2 aromatic carbocycles. The van der Waals surface area contributed by atoms with Crippen molar-refractivity contribution in [1.82, 2.24) is 4.57 Å². The van der Waals surface area contributed by atoms with E-state index >= 15 is 0 Å². The zero-order valence-electron chi connectivity index (χ0n) is 15.2. The van der Waals surface area contributed by atoms with Crippen LogP contribution in [0.5, 0.6) is 11.5 Å². The van der Waals surface area contributed by atoms with Crippen LogP contribution in [0.1, 0.15) is 0 Å². The monoisotopic (exact) mass is 416 g/mol. The molecule has 30 heavy (non-hydrogen) atoms. The zero-order valence-corrected chi connectivity index (χ0v) is 15.2. The number of hydrogen-bond donors (Lipinski definition) is 2. The van der Waals surface area contributed by atoms with Crippen molar-refractivity contribution in [2.45, 2.75) is 6.54 Å². The number of anilines is 2. The highest BCUT2D eigenvalue weighted by atomic mass is 19.1. The van der Waals surface area contributed by atoms with E-state index in [1.165, 1.54) is 18.2 Å². The number of nitrogens with two attached hydrogens (primary N) is 1. The summed E-state index contributed by atoms with van der Waals surface area (Å²) in [5, 5.41) is 13.0. The van der Waals surface area contributed by atoms with E-state index in [1.54, 1.807) is 18.2 Å². The number of benzene rings is 2. The molecule has 1 amide bonds. The second kappa shape index (κ2) is 8.39. The maximum absolute atomic E-state index is 14.2. The third kappa shape index (κ3) is 4.24. The molecular weight excluding hydrogens is 402 g/mol. The molecule has 154 valence electrons. The molecule has 0 saturated carbocycles. The molecule has 11 heteroatoms. The van der Waals surface area contributed by atoms with Crippen LogP contribution in [-0.4, -0.2) is 15.4 Å². The Hall–Kier alpha value is -4.28. The van der Waals surface area contributed by atoms with Crippen LogP contribution < -0.4 is 21.3 Å². The largest absolute Gasteiger partial charge is 0.452 e. The van der Waals surface area contributed by atoms with Gasteiger partial charge in [-0.2, -0.15) is 0 Å². The Labute approximate surface area is 167 Å². The highest BCUT2D eigenvalue weighted by Crippen LogP contribution is 2.37. The van der Waals surface area contributed by atoms with Gasteiger partial charge in [0.2, 0.25) is 5.91 Å². The third-order valence-corrected chi connectivity index (χ3v) is 3.96. The van der Waals surface area contributed by atoms with E-state index in [4.69, 9.17) is 10.5 Å². The first-order valence-corrected chi connectivity index (χ1v) is 8.42. The van der Waals surface area contributed by atoms with Crippen molar-refractivity contribution in [3.8, 4) is 11.5 Å². The summed E-state index contributed by atoms with van der Waals surface area (Å²) in [7, 11) is 0. The number of halogens is 2. The minimum Gasteiger partial charge on any atom is -0.452 e. The lowest BCUT2D eigenvalue weighted by Gasteiger charge is -2.15. The van der Waals surface area contributed by atoms with E-state index in [0.29, 0.717) is 6.07 Å². The SMILES string of the molecule is Nc1c(NC(=O)Cn2cccc([N+](=O)[O-])c2=O)c(F)cc(F)c1Oc1ccccc1. The molecule has 0 aliphatic rings. The van der Waals surface area contributed by atoms with E-state index in [0.717, 1.165) is 16.8 Å². The number of carbonyl (C=O) groups is 1. The van der Waals surface area contributed by atoms with E-state index in [-0.39, 0.29) is 5.75 Å². The lowest BCUT2D eigenvalue weighted by molar-refractivity contribution is -0.386. The van der Waals surface area contributed by atoms with Crippen LogP contribution in [0.4, 0.5) is 25.8 Å². The molecule has 3 aromatic rings. The maximum atomic E-state index is 14.2. The number of para-hydroxylation sites is 1. The van der Waals surface area contributed by atoms with Crippen molar-refractivity contribution in [1.29, 1.82) is 0 Å². The Morgan fingerprint density at radius 2 is 1.87 bits per heavy atom. The molecule has 0 bridgehead atoms. The minimum absolute atomic E-state index is 0.232. The predicted molar refractivity (Wildman–Crippen MR) is 103 cm³/mol. The minimum atomic E-state index is -1.16. The predicted octanol–water partition coefficient (Wildman–Crippen LogP) is 3.05. The fourth-order valence-corrected chi connectivity index (χ4v) is 2.58. The Morgan fingerprint density at radius 1 is 1.17 bits per heavy atom. The summed E-state index contributed by atoms with van der Waals surface area (Å²) in [5.41, 5.74) is 3.00. The molecule has 0 saturated heterocycles. The van der Waals surface area contributed by atoms with Gasteiger partial charge in [0.05, 0.1) is 4.92 Å². The van der Waals surface area contributed by atoms with Crippen LogP contribution in [0.25, 0.3) is 0 Å². The number of pyridine rings is 1. The fourth-order valence-electron chi connectivity index (χ4n) is 2.58. The summed E-state index contributed by atoms with van der Waals surface area (Å²) < 4.78 is 34.5. The van der Waals surface area contributed by atoms with Crippen molar-refractivity contribution in [3.05, 3.63) is 86.8 Å². The quantitative estimate of drug-likeness (QED) is 0.361. The molecule has 0 atom stereocenters. The van der Waals surface area contributed by atoms with Gasteiger partial charge in [-0.25, -0.2) is 8.78 Å². The average molecular weight is 416 g/mol. The van der Waals surface area contributed by atoms with Gasteiger partial charge in [0.25, 0.3) is 0 Å². The van der Waals surface area contributed by atoms with Gasteiger partial charge in [-0.15, -0.1) is 0 Å². The van der Waals surface area contributed by atoms with Crippen molar-refractivity contribution >= 4 is 23.0 Å². The number of nitrogens with one attached hydrogen (secondary N) is 1. The molecule has 1 heterocycles. The fraction of sp³-hybridized carbons (Fsp3) is 0.0526. The highest BCUT2D eigenvalue weighted by Gasteiger charge is 2.21. The zero-order chi connectivity index (χ0) is 21.8. The first-order chi connectivity index (χ1) is 14.3. The Kier molecular flexibility index (Phi) is 5.72. The van der Waals surface area contributed by atoms with Crippen molar-refractivity contribution < 1.29 is 23.2 Å². The molecule has 0 aliphatic heterocycles. The van der Waals surface area contributed by atoms with Crippen LogP contribution in [-0.2, 0) is 11.3 Å². The van der Waals surface area contributed by atoms with Crippen LogP contribution in [0.2, 0.25) is 0 Å². The normalized spacial score (nSPS) is 10.5. The lowest BCUT2D eigenvalue weighted by Crippen LogP contribution is -2.28. The highest BCUT2D eigenvalue weighted by molar-refractivity contribution is 5.95. The number of amides is 1. The first-order valence-electron chi connectivity index (χ1n) is 8.42. The molecule has 9 nitrogen and oxygen atoms in total. The summed E-state index contributed by atoms with van der Waals surface area (Å²) in [6.07, 6.45) is 1.16. The van der Waals surface area contributed by atoms with Crippen molar-refractivity contribution in [3.63, 3.8) is 0 Å². The van der Waals surface area contributed by atoms with E-state index < -0.39 is 57.4 Å². The van der Waals surface area contributed by atoms with Gasteiger partial charge in [-0.05, 0) is 18.2 Å². The van der Waals surface area contributed by atoms with Crippen molar-refractivity contribution in [2.75, 3.05) is 11.1 Å². The number of nitrogen functional groups attached to an aromatic ring is 1. The summed E-state index contributed by atoms with van der Waals surface area (Å²) >= 11 is 0. The van der Waals surface area contributed by atoms with E-state index in [2.05, 4.69) is 5.32 Å². The lowest BCUT2D eigenvalue weighted by atomic mass is 10.2. The number of carbonyl (C=O) groups excluding carboxylic acids is 1. The second-order valence-electron chi connectivity index (χ2n) is 6.00. The molecular formula is C19H14F2N4O5. The molecule has 1 aromatic heterocycles. The van der Waals surface area contributed by atoms with Crippen molar-refractivity contribution in [2.24, 2.45) is 0 Å².